The molecule has 1 amide bonds. The van der Waals surface area contributed by atoms with E-state index in [1.54, 1.807) is 0 Å². The Morgan fingerprint density at radius 2 is 2.07 bits per heavy atom. The van der Waals surface area contributed by atoms with Crippen molar-refractivity contribution in [2.75, 3.05) is 11.9 Å². The van der Waals surface area contributed by atoms with Crippen molar-refractivity contribution in [2.24, 2.45) is 0 Å². The number of nitriles is 1. The first-order valence-electron chi connectivity index (χ1n) is 8.49. The third-order valence-corrected chi connectivity index (χ3v) is 5.74. The highest BCUT2D eigenvalue weighted by Gasteiger charge is 2.21. The molecule has 1 aliphatic carbocycles. The standard InChI is InChI=1S/C19H17ClN2O4S/c20-11-6-7-13(15(23)8-11)19(25)26-10-17(24)22-18-14(9-21)12-4-2-1-3-5-16(12)27-18/h6-8,23H,1-5,10H2,(H,22,24). The summed E-state index contributed by atoms with van der Waals surface area (Å²) in [4.78, 5) is 25.3. The highest BCUT2D eigenvalue weighted by Crippen LogP contribution is 2.36. The summed E-state index contributed by atoms with van der Waals surface area (Å²) in [6, 6.07) is 6.16. The molecule has 8 heteroatoms. The number of thiophene rings is 1. The smallest absolute Gasteiger partial charge is 0.342 e. The molecule has 0 fully saturated rings. The zero-order chi connectivity index (χ0) is 19.4. The lowest BCUT2D eigenvalue weighted by Gasteiger charge is -2.07. The predicted octanol–water partition coefficient (Wildman–Crippen LogP) is 4.04. The minimum absolute atomic E-state index is 0.0762. The number of nitrogens with zero attached hydrogens (tertiary/aromatic N) is 1. The molecule has 0 bridgehead atoms. The minimum Gasteiger partial charge on any atom is -0.507 e. The number of carbonyl (C=O) groups excluding carboxylic acids is 2. The van der Waals surface area contributed by atoms with Crippen LogP contribution in [0.5, 0.6) is 5.75 Å². The number of hydrogen-bond donors (Lipinski definition) is 2. The number of benzene rings is 1. The van der Waals surface area contributed by atoms with Crippen molar-refractivity contribution in [3.05, 3.63) is 44.8 Å². The number of aromatic hydroxyl groups is 1. The Bertz CT molecular complexity index is 933. The van der Waals surface area contributed by atoms with E-state index in [0.717, 1.165) is 42.5 Å². The van der Waals surface area contributed by atoms with Gasteiger partial charge in [0.1, 0.15) is 22.4 Å². The van der Waals surface area contributed by atoms with Gasteiger partial charge in [0.2, 0.25) is 0 Å². The van der Waals surface area contributed by atoms with E-state index in [-0.39, 0.29) is 16.3 Å². The predicted molar refractivity (Wildman–Crippen MR) is 102 cm³/mol. The highest BCUT2D eigenvalue weighted by molar-refractivity contribution is 7.16. The summed E-state index contributed by atoms with van der Waals surface area (Å²) in [7, 11) is 0. The molecule has 0 saturated heterocycles. The molecule has 1 aromatic carbocycles. The van der Waals surface area contributed by atoms with E-state index in [2.05, 4.69) is 11.4 Å². The molecule has 1 aromatic heterocycles. The molecule has 3 rings (SSSR count). The number of phenolic OH excluding ortho intramolecular Hbond substituents is 1. The first-order chi connectivity index (χ1) is 13.0. The Hall–Kier alpha value is -2.56. The normalized spacial score (nSPS) is 13.2. The van der Waals surface area contributed by atoms with E-state index in [1.807, 2.05) is 0 Å². The lowest BCUT2D eigenvalue weighted by atomic mass is 10.1. The van der Waals surface area contributed by atoms with Crippen molar-refractivity contribution in [3.63, 3.8) is 0 Å². The Labute approximate surface area is 165 Å². The maximum absolute atomic E-state index is 12.2. The molecule has 1 aliphatic rings. The van der Waals surface area contributed by atoms with Crippen LogP contribution in [0.1, 0.15) is 45.6 Å². The van der Waals surface area contributed by atoms with E-state index < -0.39 is 18.5 Å². The molecule has 0 unspecified atom stereocenters. The van der Waals surface area contributed by atoms with Crippen LogP contribution in [-0.2, 0) is 22.4 Å². The maximum atomic E-state index is 12.2. The number of anilines is 1. The average molecular weight is 405 g/mol. The van der Waals surface area contributed by atoms with Crippen LogP contribution in [0.15, 0.2) is 18.2 Å². The second-order valence-electron chi connectivity index (χ2n) is 6.17. The summed E-state index contributed by atoms with van der Waals surface area (Å²) < 4.78 is 4.95. The van der Waals surface area contributed by atoms with Crippen molar-refractivity contribution < 1.29 is 19.4 Å². The Morgan fingerprint density at radius 3 is 2.81 bits per heavy atom. The fraction of sp³-hybridized carbons (Fsp3) is 0.316. The van der Waals surface area contributed by atoms with Gasteiger partial charge >= 0.3 is 5.97 Å². The number of phenols is 1. The highest BCUT2D eigenvalue weighted by atomic mass is 35.5. The van der Waals surface area contributed by atoms with Gasteiger partial charge in [-0.05, 0) is 49.4 Å². The number of rotatable bonds is 4. The number of halogens is 1. The van der Waals surface area contributed by atoms with E-state index in [0.29, 0.717) is 10.6 Å². The van der Waals surface area contributed by atoms with Crippen LogP contribution in [0, 0.1) is 11.3 Å². The fourth-order valence-electron chi connectivity index (χ4n) is 3.00. The van der Waals surface area contributed by atoms with Gasteiger partial charge in [0, 0.05) is 9.90 Å². The molecule has 6 nitrogen and oxygen atoms in total. The second-order valence-corrected chi connectivity index (χ2v) is 7.71. The van der Waals surface area contributed by atoms with Crippen molar-refractivity contribution in [1.82, 2.24) is 0 Å². The fourth-order valence-corrected chi connectivity index (χ4v) is 4.42. The summed E-state index contributed by atoms with van der Waals surface area (Å²) in [5.41, 5.74) is 1.46. The van der Waals surface area contributed by atoms with Crippen molar-refractivity contribution >= 4 is 39.8 Å². The lowest BCUT2D eigenvalue weighted by molar-refractivity contribution is -0.119. The van der Waals surface area contributed by atoms with Crippen LogP contribution in [0.2, 0.25) is 5.02 Å². The third kappa shape index (κ3) is 4.41. The number of nitrogens with one attached hydrogen (secondary N) is 1. The summed E-state index contributed by atoms with van der Waals surface area (Å²) in [5, 5.41) is 22.6. The SMILES string of the molecule is N#Cc1c(NC(=O)COC(=O)c2ccc(Cl)cc2O)sc2c1CCCCC2. The van der Waals surface area contributed by atoms with E-state index in [4.69, 9.17) is 16.3 Å². The van der Waals surface area contributed by atoms with E-state index >= 15 is 0 Å². The zero-order valence-electron chi connectivity index (χ0n) is 14.4. The molecule has 0 spiro atoms. The van der Waals surface area contributed by atoms with Gasteiger partial charge in [-0.2, -0.15) is 5.26 Å². The maximum Gasteiger partial charge on any atom is 0.342 e. The second kappa shape index (κ2) is 8.42. The van der Waals surface area contributed by atoms with Crippen LogP contribution >= 0.6 is 22.9 Å². The molecule has 2 N–H and O–H groups in total. The average Bonchev–Trinajstić information content (AvgIpc) is 2.79. The van der Waals surface area contributed by atoms with Crippen LogP contribution in [0.3, 0.4) is 0 Å². The van der Waals surface area contributed by atoms with Gasteiger partial charge < -0.3 is 15.2 Å². The third-order valence-electron chi connectivity index (χ3n) is 4.30. The number of esters is 1. The van der Waals surface area contributed by atoms with Gasteiger partial charge in [-0.15, -0.1) is 11.3 Å². The molecule has 0 atom stereocenters. The van der Waals surface area contributed by atoms with Crippen LogP contribution in [0.4, 0.5) is 5.00 Å². The number of hydrogen-bond acceptors (Lipinski definition) is 6. The van der Waals surface area contributed by atoms with E-state index in [1.165, 1.54) is 29.5 Å². The van der Waals surface area contributed by atoms with Gasteiger partial charge in [0.15, 0.2) is 6.61 Å². The molecule has 1 heterocycles. The summed E-state index contributed by atoms with van der Waals surface area (Å²) in [5.74, 6) is -1.69. The number of fused-ring (bicyclic) bond motifs is 1. The molecule has 27 heavy (non-hydrogen) atoms. The molecule has 0 aliphatic heterocycles. The largest absolute Gasteiger partial charge is 0.507 e. The zero-order valence-corrected chi connectivity index (χ0v) is 16.0. The van der Waals surface area contributed by atoms with Crippen LogP contribution in [0.25, 0.3) is 0 Å². The number of ether oxygens (including phenoxy) is 1. The first-order valence-corrected chi connectivity index (χ1v) is 9.69. The molecule has 0 saturated carbocycles. The van der Waals surface area contributed by atoms with Crippen molar-refractivity contribution in [3.8, 4) is 11.8 Å². The lowest BCUT2D eigenvalue weighted by Crippen LogP contribution is -2.21. The Kier molecular flexibility index (Phi) is 5.99. The molecule has 140 valence electrons. The number of aryl methyl sites for hydroxylation is 1. The van der Waals surface area contributed by atoms with Gasteiger partial charge in [0.05, 0.1) is 5.56 Å². The van der Waals surface area contributed by atoms with Crippen LogP contribution < -0.4 is 5.32 Å². The summed E-state index contributed by atoms with van der Waals surface area (Å²) in [6.45, 7) is -0.520. The van der Waals surface area contributed by atoms with Crippen molar-refractivity contribution in [2.45, 2.75) is 32.1 Å². The van der Waals surface area contributed by atoms with Gasteiger partial charge in [0.25, 0.3) is 5.91 Å². The van der Waals surface area contributed by atoms with Crippen molar-refractivity contribution in [1.29, 1.82) is 5.26 Å². The van der Waals surface area contributed by atoms with Gasteiger partial charge in [-0.25, -0.2) is 4.79 Å². The molecule has 2 aromatic rings. The minimum atomic E-state index is -0.832. The summed E-state index contributed by atoms with van der Waals surface area (Å²) >= 11 is 7.13. The summed E-state index contributed by atoms with van der Waals surface area (Å²) in [6.07, 6.45) is 5.01. The molecule has 0 radical (unpaired) electrons. The molecular weight excluding hydrogens is 388 g/mol. The molecular formula is C19H17ClN2O4S. The first kappa shape index (κ1) is 19.2. The Morgan fingerprint density at radius 1 is 1.30 bits per heavy atom. The van der Waals surface area contributed by atoms with Gasteiger partial charge in [-0.3, -0.25) is 4.79 Å². The number of carbonyl (C=O) groups is 2. The Balaban J connectivity index is 1.64. The van der Waals surface area contributed by atoms with Gasteiger partial charge in [-0.1, -0.05) is 18.0 Å². The van der Waals surface area contributed by atoms with Crippen LogP contribution in [-0.4, -0.2) is 23.6 Å². The monoisotopic (exact) mass is 404 g/mol. The quantitative estimate of drug-likeness (QED) is 0.591. The number of amides is 1. The topological polar surface area (TPSA) is 99.4 Å². The van der Waals surface area contributed by atoms with E-state index in [9.17, 15) is 20.0 Å².